The van der Waals surface area contributed by atoms with Gasteiger partial charge in [-0.3, -0.25) is 9.98 Å². The summed E-state index contributed by atoms with van der Waals surface area (Å²) in [5.74, 6) is 0.556. The van der Waals surface area contributed by atoms with Crippen molar-refractivity contribution in [1.29, 1.82) is 5.41 Å². The lowest BCUT2D eigenvalue weighted by molar-refractivity contribution is 1.18. The van der Waals surface area contributed by atoms with Gasteiger partial charge >= 0.3 is 0 Å². The second-order valence-electron chi connectivity index (χ2n) is 12.3. The highest BCUT2D eigenvalue weighted by Gasteiger charge is 2.20. The molecule has 0 atom stereocenters. The van der Waals surface area contributed by atoms with E-state index in [4.69, 9.17) is 9.98 Å². The van der Waals surface area contributed by atoms with Crippen LogP contribution in [0.1, 0.15) is 11.1 Å². The number of para-hydroxylation sites is 3. The number of rotatable bonds is 4. The summed E-state index contributed by atoms with van der Waals surface area (Å²) in [6.45, 7) is 0. The Morgan fingerprint density at radius 2 is 1.02 bits per heavy atom. The SMILES string of the molecule is N=C(N=C(N=Cc1ccccc1)n1c2ccccc2c2cc3c(cc21)c1ccccc1n3-c1ccccc1)c1ccc(-c2ccccc2)cc1. The van der Waals surface area contributed by atoms with Crippen molar-refractivity contribution in [2.24, 2.45) is 9.98 Å². The minimum Gasteiger partial charge on any atom is -0.309 e. The average molecular weight is 642 g/mol. The topological polar surface area (TPSA) is 58.4 Å². The number of benzene rings is 7. The van der Waals surface area contributed by atoms with Crippen LogP contribution < -0.4 is 0 Å². The number of nitrogens with zero attached hydrogens (tertiary/aromatic N) is 4. The molecule has 7 aromatic carbocycles. The summed E-state index contributed by atoms with van der Waals surface area (Å²) in [7, 11) is 0. The molecule has 5 nitrogen and oxygen atoms in total. The zero-order valence-corrected chi connectivity index (χ0v) is 27.1. The van der Waals surface area contributed by atoms with Crippen LogP contribution in [0.3, 0.4) is 0 Å². The predicted molar refractivity (Wildman–Crippen MR) is 209 cm³/mol. The van der Waals surface area contributed by atoms with Crippen LogP contribution >= 0.6 is 0 Å². The molecule has 0 unspecified atom stereocenters. The van der Waals surface area contributed by atoms with E-state index in [2.05, 4.69) is 106 Å². The van der Waals surface area contributed by atoms with E-state index in [1.807, 2.05) is 85.1 Å². The number of aliphatic imine (C=N–C) groups is 2. The summed E-state index contributed by atoms with van der Waals surface area (Å²) in [4.78, 5) is 9.97. The predicted octanol–water partition coefficient (Wildman–Crippen LogP) is 10.9. The van der Waals surface area contributed by atoms with Crippen LogP contribution in [0.5, 0.6) is 0 Å². The molecular weight excluding hydrogens is 611 g/mol. The highest BCUT2D eigenvalue weighted by Crippen LogP contribution is 2.38. The molecule has 2 aromatic heterocycles. The maximum absolute atomic E-state index is 9.20. The highest BCUT2D eigenvalue weighted by atomic mass is 15.2. The zero-order valence-electron chi connectivity index (χ0n) is 27.1. The minimum absolute atomic E-state index is 0.137. The van der Waals surface area contributed by atoms with Gasteiger partial charge in [-0.1, -0.05) is 140 Å². The number of hydrogen-bond acceptors (Lipinski definition) is 1. The first kappa shape index (κ1) is 29.3. The zero-order chi connectivity index (χ0) is 33.4. The molecule has 0 bridgehead atoms. The van der Waals surface area contributed by atoms with Gasteiger partial charge in [0.2, 0.25) is 5.96 Å². The largest absolute Gasteiger partial charge is 0.309 e. The molecule has 0 spiro atoms. The van der Waals surface area contributed by atoms with E-state index in [0.717, 1.165) is 60.6 Å². The van der Waals surface area contributed by atoms with Gasteiger partial charge < -0.3 is 4.57 Å². The van der Waals surface area contributed by atoms with Crippen molar-refractivity contribution in [3.63, 3.8) is 0 Å². The van der Waals surface area contributed by atoms with Gasteiger partial charge in [-0.05, 0) is 53.1 Å². The van der Waals surface area contributed by atoms with Gasteiger partial charge in [0.1, 0.15) is 0 Å². The molecular formula is C45H31N5. The molecule has 50 heavy (non-hydrogen) atoms. The van der Waals surface area contributed by atoms with Crippen LogP contribution in [0.2, 0.25) is 0 Å². The lowest BCUT2D eigenvalue weighted by Gasteiger charge is -2.10. The van der Waals surface area contributed by atoms with Crippen LogP contribution in [0.15, 0.2) is 186 Å². The van der Waals surface area contributed by atoms with E-state index in [-0.39, 0.29) is 5.84 Å². The summed E-state index contributed by atoms with van der Waals surface area (Å²) in [5.41, 5.74) is 9.23. The Morgan fingerprint density at radius 3 is 1.74 bits per heavy atom. The molecule has 236 valence electrons. The van der Waals surface area contributed by atoms with Gasteiger partial charge in [0.25, 0.3) is 0 Å². The molecule has 0 aliphatic heterocycles. The molecule has 0 aliphatic carbocycles. The Kier molecular flexibility index (Phi) is 7.21. The summed E-state index contributed by atoms with van der Waals surface area (Å²) >= 11 is 0. The van der Waals surface area contributed by atoms with Crippen LogP contribution in [0.25, 0.3) is 60.4 Å². The van der Waals surface area contributed by atoms with Crippen molar-refractivity contribution in [2.45, 2.75) is 0 Å². The lowest BCUT2D eigenvalue weighted by Crippen LogP contribution is -2.13. The molecule has 0 radical (unpaired) electrons. The summed E-state index contributed by atoms with van der Waals surface area (Å²) < 4.78 is 4.44. The van der Waals surface area contributed by atoms with Gasteiger partial charge in [0, 0.05) is 39.0 Å². The van der Waals surface area contributed by atoms with E-state index >= 15 is 0 Å². The first-order chi connectivity index (χ1) is 24.7. The lowest BCUT2D eigenvalue weighted by atomic mass is 10.0. The van der Waals surface area contributed by atoms with Crippen molar-refractivity contribution in [2.75, 3.05) is 0 Å². The maximum Gasteiger partial charge on any atom is 0.236 e. The fourth-order valence-electron chi connectivity index (χ4n) is 6.92. The Labute approximate surface area is 289 Å². The van der Waals surface area contributed by atoms with Gasteiger partial charge in [0.05, 0.1) is 22.1 Å². The Balaban J connectivity index is 1.27. The van der Waals surface area contributed by atoms with Crippen molar-refractivity contribution in [3.8, 4) is 16.8 Å². The maximum atomic E-state index is 9.20. The monoisotopic (exact) mass is 641 g/mol. The molecule has 1 N–H and O–H groups in total. The number of hydrogen-bond donors (Lipinski definition) is 1. The normalized spacial score (nSPS) is 12.1. The standard InChI is InChI=1S/C45H31N5/c46-44(34-26-24-33(25-27-34)32-16-6-2-7-17-32)48-45(47-30-31-14-4-1-5-15-31)50-41-23-13-11-21-37(41)39-28-42-38(29-43(39)50)36-20-10-12-22-40(36)49(42)35-18-8-3-9-19-35/h1-30,46H. The Morgan fingerprint density at radius 1 is 0.480 bits per heavy atom. The molecule has 0 aliphatic rings. The Bertz CT molecular complexity index is 2740. The highest BCUT2D eigenvalue weighted by molar-refractivity contribution is 6.22. The van der Waals surface area contributed by atoms with E-state index in [1.165, 1.54) is 5.39 Å². The first-order valence-corrected chi connectivity index (χ1v) is 16.7. The van der Waals surface area contributed by atoms with Gasteiger partial charge in [-0.25, -0.2) is 4.99 Å². The number of amidine groups is 1. The van der Waals surface area contributed by atoms with E-state index in [9.17, 15) is 5.41 Å². The number of aromatic nitrogens is 2. The van der Waals surface area contributed by atoms with Crippen molar-refractivity contribution >= 4 is 61.6 Å². The fraction of sp³-hybridized carbons (Fsp3) is 0. The van der Waals surface area contributed by atoms with Crippen LogP contribution in [0.4, 0.5) is 0 Å². The van der Waals surface area contributed by atoms with Gasteiger partial charge in [-0.15, -0.1) is 0 Å². The average Bonchev–Trinajstić information content (AvgIpc) is 3.68. The molecule has 5 heteroatoms. The van der Waals surface area contributed by atoms with E-state index < -0.39 is 0 Å². The quantitative estimate of drug-likeness (QED) is 0.147. The molecule has 0 amide bonds. The molecule has 0 fully saturated rings. The summed E-state index contributed by atoms with van der Waals surface area (Å²) in [5, 5.41) is 13.7. The molecule has 0 saturated heterocycles. The van der Waals surface area contributed by atoms with Crippen LogP contribution in [0, 0.1) is 5.41 Å². The van der Waals surface area contributed by atoms with E-state index in [0.29, 0.717) is 11.5 Å². The minimum atomic E-state index is 0.137. The molecule has 9 rings (SSSR count). The Hall–Kier alpha value is -6.85. The van der Waals surface area contributed by atoms with Crippen LogP contribution in [-0.4, -0.2) is 27.1 Å². The van der Waals surface area contributed by atoms with Gasteiger partial charge in [-0.2, -0.15) is 4.99 Å². The van der Waals surface area contributed by atoms with E-state index in [1.54, 1.807) is 0 Å². The second-order valence-corrected chi connectivity index (χ2v) is 12.3. The van der Waals surface area contributed by atoms with Crippen molar-refractivity contribution in [3.05, 3.63) is 187 Å². The van der Waals surface area contributed by atoms with Crippen molar-refractivity contribution in [1.82, 2.24) is 9.13 Å². The third-order valence-electron chi connectivity index (χ3n) is 9.29. The number of nitrogens with one attached hydrogen (secondary N) is 1. The summed E-state index contributed by atoms with van der Waals surface area (Å²) in [6, 6.07) is 60.3. The van der Waals surface area contributed by atoms with Gasteiger partial charge in [0.15, 0.2) is 5.84 Å². The smallest absolute Gasteiger partial charge is 0.236 e. The fourth-order valence-corrected chi connectivity index (χ4v) is 6.92. The molecule has 9 aromatic rings. The molecule has 0 saturated carbocycles. The number of fused-ring (bicyclic) bond motifs is 6. The third-order valence-corrected chi connectivity index (χ3v) is 9.29. The first-order valence-electron chi connectivity index (χ1n) is 16.7. The second kappa shape index (κ2) is 12.3. The third kappa shape index (κ3) is 5.09. The summed E-state index contributed by atoms with van der Waals surface area (Å²) in [6.07, 6.45) is 1.82. The van der Waals surface area contributed by atoms with Crippen LogP contribution in [-0.2, 0) is 0 Å². The van der Waals surface area contributed by atoms with Crippen molar-refractivity contribution < 1.29 is 0 Å². The molecule has 2 heterocycles.